The van der Waals surface area contributed by atoms with E-state index in [4.69, 9.17) is 28.2 Å². The fourth-order valence-corrected chi connectivity index (χ4v) is 3.95. The van der Waals surface area contributed by atoms with Gasteiger partial charge in [-0.15, -0.1) is 0 Å². The number of aliphatic carboxylic acids is 2. The van der Waals surface area contributed by atoms with Gasteiger partial charge in [0, 0.05) is 17.5 Å². The van der Waals surface area contributed by atoms with Gasteiger partial charge in [-0.2, -0.15) is 0 Å². The van der Waals surface area contributed by atoms with Crippen molar-refractivity contribution in [2.45, 2.75) is 70.4 Å². The Balaban J connectivity index is 2.16. The number of benzene rings is 1. The molecule has 192 valence electrons. The lowest BCUT2D eigenvalue weighted by molar-refractivity contribution is -0.271. The number of methoxy groups -OCH3 is 1. The Bertz CT molecular complexity index is 1150. The number of hydrogen-bond donors (Lipinski definition) is 5. The Morgan fingerprint density at radius 2 is 1.86 bits per heavy atom. The van der Waals surface area contributed by atoms with Gasteiger partial charge in [0.1, 0.15) is 42.0 Å². The van der Waals surface area contributed by atoms with Crippen LogP contribution in [0.3, 0.4) is 0 Å². The summed E-state index contributed by atoms with van der Waals surface area (Å²) in [5, 5.41) is 48.9. The van der Waals surface area contributed by atoms with Crippen LogP contribution in [0.4, 0.5) is 0 Å². The van der Waals surface area contributed by atoms with Crippen LogP contribution in [0.2, 0.25) is 0 Å². The number of carbonyl (C=O) groups is 3. The maximum atomic E-state index is 12.7. The molecule has 0 radical (unpaired) electrons. The van der Waals surface area contributed by atoms with Crippen molar-refractivity contribution in [3.05, 3.63) is 33.9 Å². The third-order valence-corrected chi connectivity index (χ3v) is 5.96. The van der Waals surface area contributed by atoms with Crippen LogP contribution in [0.1, 0.15) is 50.9 Å². The summed E-state index contributed by atoms with van der Waals surface area (Å²) in [4.78, 5) is 35.1. The third-order valence-electron chi connectivity index (χ3n) is 5.96. The average molecular weight is 499 g/mol. The number of aliphatic hydroxyl groups is 3. The average Bonchev–Trinajstić information content (AvgIpc) is 3.20. The molecule has 5 atom stereocenters. The SMILES string of the molecule is [2H]C([2H])([2H])Oc1c(C)c2c(c(O[C@@H]3O[C@H](C(=O)O)[C@@H](O)[C@H](O)[C@H]3O)c1C/C=C(\C)CCC(=O)O)C(=O)OC2. The molecule has 0 saturated carbocycles. The molecule has 0 aromatic heterocycles. The Morgan fingerprint density at radius 3 is 2.49 bits per heavy atom. The highest BCUT2D eigenvalue weighted by atomic mass is 16.7. The number of cyclic esters (lactones) is 1. The molecule has 0 bridgehead atoms. The molecule has 35 heavy (non-hydrogen) atoms. The molecule has 1 fully saturated rings. The number of aliphatic hydroxyl groups excluding tert-OH is 3. The Labute approximate surface area is 204 Å². The molecule has 0 unspecified atom stereocenters. The molecular weight excluding hydrogens is 468 g/mol. The summed E-state index contributed by atoms with van der Waals surface area (Å²) in [6.07, 6.45) is -8.44. The van der Waals surface area contributed by atoms with E-state index >= 15 is 0 Å². The van der Waals surface area contributed by atoms with E-state index in [-0.39, 0.29) is 59.6 Å². The zero-order valence-electron chi connectivity index (χ0n) is 21.9. The number of hydrogen-bond acceptors (Lipinski definition) is 10. The summed E-state index contributed by atoms with van der Waals surface area (Å²) >= 11 is 0. The highest BCUT2D eigenvalue weighted by Gasteiger charge is 2.49. The first-order valence-corrected chi connectivity index (χ1v) is 10.6. The minimum absolute atomic E-state index is 0.00538. The summed E-state index contributed by atoms with van der Waals surface area (Å²) in [5.74, 6) is -4.07. The van der Waals surface area contributed by atoms with Gasteiger partial charge in [0.2, 0.25) is 6.29 Å². The minimum atomic E-state index is -2.94. The topological polar surface area (TPSA) is 189 Å². The van der Waals surface area contributed by atoms with E-state index in [9.17, 15) is 34.8 Å². The zero-order chi connectivity index (χ0) is 28.5. The molecular formula is C23H28O12. The minimum Gasteiger partial charge on any atom is -0.496 e. The van der Waals surface area contributed by atoms with Crippen molar-refractivity contribution >= 4 is 17.9 Å². The number of ether oxygens (including phenoxy) is 4. The molecule has 1 aromatic carbocycles. The van der Waals surface area contributed by atoms with E-state index in [2.05, 4.69) is 0 Å². The molecule has 2 heterocycles. The second-order valence-electron chi connectivity index (χ2n) is 8.29. The van der Waals surface area contributed by atoms with Crippen molar-refractivity contribution in [1.29, 1.82) is 0 Å². The molecule has 0 spiro atoms. The maximum absolute atomic E-state index is 12.7. The number of fused-ring (bicyclic) bond motifs is 1. The van der Waals surface area contributed by atoms with Gasteiger partial charge >= 0.3 is 17.9 Å². The van der Waals surface area contributed by atoms with E-state index in [1.807, 2.05) is 0 Å². The molecule has 3 rings (SSSR count). The number of carboxylic acids is 2. The third kappa shape index (κ3) is 5.25. The standard InChI is InChI=1S/C23H28O12/c1-9(5-7-13(24)25)4-6-11-18(32-3)10(2)12-8-33-22(31)14(12)19(11)34-23-17(28)15(26)16(27)20(35-23)21(29)30/h4,15-17,20,23,26-28H,5-8H2,1-3H3,(H,24,25)(H,29,30)/b9-4+/t15-,16-,17+,20-,23+/m0/s1/i3D3. The fraction of sp³-hybridized carbons (Fsp3) is 0.522. The zero-order valence-corrected chi connectivity index (χ0v) is 18.9. The van der Waals surface area contributed by atoms with Crippen LogP contribution in [-0.2, 0) is 32.1 Å². The monoisotopic (exact) mass is 499 g/mol. The van der Waals surface area contributed by atoms with Gasteiger partial charge in [-0.05, 0) is 32.3 Å². The predicted octanol–water partition coefficient (Wildman–Crippen LogP) is 0.299. The molecule has 1 aromatic rings. The van der Waals surface area contributed by atoms with Gasteiger partial charge < -0.3 is 44.5 Å². The van der Waals surface area contributed by atoms with Crippen LogP contribution in [0.25, 0.3) is 0 Å². The van der Waals surface area contributed by atoms with Gasteiger partial charge in [0.25, 0.3) is 0 Å². The van der Waals surface area contributed by atoms with Crippen molar-refractivity contribution in [2.24, 2.45) is 0 Å². The van der Waals surface area contributed by atoms with Crippen molar-refractivity contribution in [1.82, 2.24) is 0 Å². The van der Waals surface area contributed by atoms with E-state index < -0.39 is 55.7 Å². The van der Waals surface area contributed by atoms with E-state index in [1.54, 1.807) is 13.0 Å². The van der Waals surface area contributed by atoms with Crippen LogP contribution < -0.4 is 9.47 Å². The number of allylic oxidation sites excluding steroid dienone is 2. The second kappa shape index (κ2) is 10.6. The van der Waals surface area contributed by atoms with E-state index in [1.165, 1.54) is 6.92 Å². The lowest BCUT2D eigenvalue weighted by Crippen LogP contribution is -2.61. The van der Waals surface area contributed by atoms with Crippen molar-refractivity contribution in [3.63, 3.8) is 0 Å². The van der Waals surface area contributed by atoms with Gasteiger partial charge in [0.05, 0.1) is 11.2 Å². The van der Waals surface area contributed by atoms with Crippen LogP contribution in [0.5, 0.6) is 11.5 Å². The van der Waals surface area contributed by atoms with Crippen molar-refractivity contribution < 1.29 is 63.0 Å². The quantitative estimate of drug-likeness (QED) is 0.231. The van der Waals surface area contributed by atoms with Crippen molar-refractivity contribution in [3.8, 4) is 11.5 Å². The Morgan fingerprint density at radius 1 is 1.14 bits per heavy atom. The van der Waals surface area contributed by atoms with Gasteiger partial charge in [0.15, 0.2) is 6.10 Å². The predicted molar refractivity (Wildman–Crippen MR) is 116 cm³/mol. The van der Waals surface area contributed by atoms with Crippen LogP contribution in [0.15, 0.2) is 11.6 Å². The van der Waals surface area contributed by atoms with Gasteiger partial charge in [-0.25, -0.2) is 9.59 Å². The first-order chi connectivity index (χ1) is 17.6. The lowest BCUT2D eigenvalue weighted by Gasteiger charge is -2.39. The van der Waals surface area contributed by atoms with Crippen LogP contribution in [0, 0.1) is 6.92 Å². The largest absolute Gasteiger partial charge is 0.496 e. The Kier molecular flexibility index (Phi) is 6.75. The first kappa shape index (κ1) is 22.3. The second-order valence-corrected chi connectivity index (χ2v) is 8.29. The molecule has 0 amide bonds. The highest BCUT2D eigenvalue weighted by molar-refractivity contribution is 5.98. The summed E-state index contributed by atoms with van der Waals surface area (Å²) in [6, 6.07) is 0. The Hall–Kier alpha value is -3.19. The lowest BCUT2D eigenvalue weighted by atomic mass is 9.94. The molecule has 12 nitrogen and oxygen atoms in total. The fourth-order valence-electron chi connectivity index (χ4n) is 3.95. The number of carbonyl (C=O) groups excluding carboxylic acids is 1. The highest BCUT2D eigenvalue weighted by Crippen LogP contribution is 2.44. The van der Waals surface area contributed by atoms with Gasteiger partial charge in [-0.1, -0.05) is 11.6 Å². The molecule has 2 aliphatic rings. The first-order valence-electron chi connectivity index (χ1n) is 12.1. The molecule has 5 N–H and O–H groups in total. The summed E-state index contributed by atoms with van der Waals surface area (Å²) in [5.41, 5.74) is 0.937. The molecule has 12 heteroatoms. The number of carboxylic acid groups (broad SMARTS) is 2. The van der Waals surface area contributed by atoms with Crippen molar-refractivity contribution in [2.75, 3.05) is 7.04 Å². The molecule has 1 saturated heterocycles. The smallest absolute Gasteiger partial charge is 0.342 e. The number of rotatable bonds is 9. The van der Waals surface area contributed by atoms with E-state index in [0.717, 1.165) is 0 Å². The van der Waals surface area contributed by atoms with Gasteiger partial charge in [-0.3, -0.25) is 4.79 Å². The number of esters is 1. The summed E-state index contributed by atoms with van der Waals surface area (Å²) in [7, 11) is -2.94. The van der Waals surface area contributed by atoms with Crippen LogP contribution in [-0.4, -0.2) is 81.2 Å². The molecule has 2 aliphatic heterocycles. The molecule has 0 aliphatic carbocycles. The normalized spacial score (nSPS) is 27.8. The van der Waals surface area contributed by atoms with E-state index in [0.29, 0.717) is 5.57 Å². The maximum Gasteiger partial charge on any atom is 0.342 e. The van der Waals surface area contributed by atoms with Crippen LogP contribution >= 0.6 is 0 Å². The summed E-state index contributed by atoms with van der Waals surface area (Å²) < 4.78 is 44.1. The summed E-state index contributed by atoms with van der Waals surface area (Å²) in [6.45, 7) is 2.89.